The number of anilines is 1. The van der Waals surface area contributed by atoms with Gasteiger partial charge in [0.15, 0.2) is 12.2 Å². The number of nitrogens with one attached hydrogen (secondary N) is 1. The summed E-state index contributed by atoms with van der Waals surface area (Å²) in [6.45, 7) is 0.740. The average Bonchev–Trinajstić information content (AvgIpc) is 2.98. The molecule has 1 aromatic carbocycles. The largest absolute Gasteiger partial charge is 0.492 e. The third kappa shape index (κ3) is 1.34. The maximum atomic E-state index is 5.64. The van der Waals surface area contributed by atoms with E-state index in [1.807, 2.05) is 13.1 Å². The van der Waals surface area contributed by atoms with Crippen molar-refractivity contribution in [1.82, 2.24) is 4.98 Å². The highest BCUT2D eigenvalue weighted by atomic mass is 16.5. The molecule has 0 aliphatic carbocycles. The summed E-state index contributed by atoms with van der Waals surface area (Å²) >= 11 is 0. The van der Waals surface area contributed by atoms with Crippen molar-refractivity contribution in [2.45, 2.75) is 6.42 Å². The topological polar surface area (TPSA) is 47.3 Å². The molecule has 3 rings (SSSR count). The maximum absolute atomic E-state index is 5.64. The molecule has 1 aliphatic rings. The Labute approximate surface area is 93.3 Å². The lowest BCUT2D eigenvalue weighted by molar-refractivity contribution is 0.357. The summed E-state index contributed by atoms with van der Waals surface area (Å²) in [4.78, 5) is 3.94. The molecule has 0 radical (unpaired) electrons. The molecule has 0 saturated carbocycles. The third-order valence-electron chi connectivity index (χ3n) is 2.77. The van der Waals surface area contributed by atoms with Gasteiger partial charge < -0.3 is 14.5 Å². The fourth-order valence-electron chi connectivity index (χ4n) is 1.98. The van der Waals surface area contributed by atoms with Crippen molar-refractivity contribution >= 4 is 5.69 Å². The molecule has 0 unspecified atom stereocenters. The molecule has 1 N–H and O–H groups in total. The third-order valence-corrected chi connectivity index (χ3v) is 2.77. The SMILES string of the molecule is CNc1cc2c(c(-c3cnco3)c1)OCC2. The van der Waals surface area contributed by atoms with Crippen molar-refractivity contribution in [1.29, 1.82) is 0 Å². The van der Waals surface area contributed by atoms with Crippen LogP contribution in [0.2, 0.25) is 0 Å². The Balaban J connectivity index is 2.20. The number of rotatable bonds is 2. The molecule has 82 valence electrons. The van der Waals surface area contributed by atoms with Gasteiger partial charge in [-0.25, -0.2) is 4.98 Å². The van der Waals surface area contributed by atoms with Gasteiger partial charge in [-0.2, -0.15) is 0 Å². The fraction of sp³-hybridized carbons (Fsp3) is 0.250. The van der Waals surface area contributed by atoms with E-state index in [4.69, 9.17) is 9.15 Å². The number of benzene rings is 1. The van der Waals surface area contributed by atoms with E-state index in [1.54, 1.807) is 6.20 Å². The van der Waals surface area contributed by atoms with E-state index in [1.165, 1.54) is 12.0 Å². The zero-order chi connectivity index (χ0) is 11.0. The van der Waals surface area contributed by atoms with Crippen LogP contribution in [0.3, 0.4) is 0 Å². The summed E-state index contributed by atoms with van der Waals surface area (Å²) in [5.41, 5.74) is 3.26. The minimum atomic E-state index is 0.740. The molecule has 0 fully saturated rings. The second-order valence-corrected chi connectivity index (χ2v) is 3.73. The lowest BCUT2D eigenvalue weighted by Gasteiger charge is -2.08. The van der Waals surface area contributed by atoms with E-state index in [9.17, 15) is 0 Å². The highest BCUT2D eigenvalue weighted by Gasteiger charge is 2.20. The Morgan fingerprint density at radius 1 is 1.38 bits per heavy atom. The zero-order valence-corrected chi connectivity index (χ0v) is 8.99. The Kier molecular flexibility index (Phi) is 2.06. The van der Waals surface area contributed by atoms with Crippen molar-refractivity contribution in [3.8, 4) is 17.1 Å². The van der Waals surface area contributed by atoms with Crippen LogP contribution in [0.1, 0.15) is 5.56 Å². The molecule has 0 amide bonds. The monoisotopic (exact) mass is 216 g/mol. The van der Waals surface area contributed by atoms with Crippen LogP contribution in [0.5, 0.6) is 5.75 Å². The lowest BCUT2D eigenvalue weighted by atomic mass is 10.1. The standard InChI is InChI=1S/C12H12N2O2/c1-13-9-4-8-2-3-15-12(8)10(5-9)11-6-14-7-16-11/h4-7,13H,2-3H2,1H3. The van der Waals surface area contributed by atoms with Crippen LogP contribution in [-0.4, -0.2) is 18.6 Å². The molecule has 4 heteroatoms. The van der Waals surface area contributed by atoms with E-state index in [-0.39, 0.29) is 0 Å². The van der Waals surface area contributed by atoms with Gasteiger partial charge >= 0.3 is 0 Å². The van der Waals surface area contributed by atoms with Crippen LogP contribution in [0.4, 0.5) is 5.69 Å². The van der Waals surface area contributed by atoms with Crippen LogP contribution < -0.4 is 10.1 Å². The lowest BCUT2D eigenvalue weighted by Crippen LogP contribution is -1.91. The highest BCUT2D eigenvalue weighted by Crippen LogP contribution is 2.39. The Hall–Kier alpha value is -1.97. The number of hydrogen-bond donors (Lipinski definition) is 1. The number of oxazole rings is 1. The quantitative estimate of drug-likeness (QED) is 0.836. The molecule has 0 saturated heterocycles. The van der Waals surface area contributed by atoms with Gasteiger partial charge in [0.05, 0.1) is 18.4 Å². The van der Waals surface area contributed by atoms with Crippen LogP contribution >= 0.6 is 0 Å². The Morgan fingerprint density at radius 2 is 2.31 bits per heavy atom. The van der Waals surface area contributed by atoms with Gasteiger partial charge in [-0.1, -0.05) is 0 Å². The van der Waals surface area contributed by atoms with E-state index >= 15 is 0 Å². The zero-order valence-electron chi connectivity index (χ0n) is 8.99. The molecule has 2 heterocycles. The second-order valence-electron chi connectivity index (χ2n) is 3.73. The highest BCUT2D eigenvalue weighted by molar-refractivity contribution is 5.73. The molecule has 16 heavy (non-hydrogen) atoms. The molecule has 2 aromatic rings. The van der Waals surface area contributed by atoms with Crippen molar-refractivity contribution in [2.75, 3.05) is 19.0 Å². The molecular formula is C12H12N2O2. The Morgan fingerprint density at radius 3 is 3.06 bits per heavy atom. The Bertz CT molecular complexity index is 506. The fourth-order valence-corrected chi connectivity index (χ4v) is 1.98. The van der Waals surface area contributed by atoms with Crippen LogP contribution in [0.15, 0.2) is 29.1 Å². The number of hydrogen-bond acceptors (Lipinski definition) is 4. The first-order valence-corrected chi connectivity index (χ1v) is 5.25. The summed E-state index contributed by atoms with van der Waals surface area (Å²) < 4.78 is 11.0. The van der Waals surface area contributed by atoms with Crippen molar-refractivity contribution in [2.24, 2.45) is 0 Å². The summed E-state index contributed by atoms with van der Waals surface area (Å²) in [5, 5.41) is 3.14. The van der Waals surface area contributed by atoms with Gasteiger partial charge in [0.2, 0.25) is 0 Å². The molecule has 1 aromatic heterocycles. The van der Waals surface area contributed by atoms with Gasteiger partial charge in [-0.05, 0) is 12.1 Å². The molecule has 0 bridgehead atoms. The minimum Gasteiger partial charge on any atom is -0.492 e. The number of aromatic nitrogens is 1. The molecule has 0 atom stereocenters. The summed E-state index contributed by atoms with van der Waals surface area (Å²) in [5.74, 6) is 1.67. The predicted octanol–water partition coefficient (Wildman–Crippen LogP) is 2.32. The summed E-state index contributed by atoms with van der Waals surface area (Å²) in [7, 11) is 1.90. The molecular weight excluding hydrogens is 204 g/mol. The maximum Gasteiger partial charge on any atom is 0.181 e. The van der Waals surface area contributed by atoms with Gasteiger partial charge in [0.25, 0.3) is 0 Å². The average molecular weight is 216 g/mol. The first-order chi connectivity index (χ1) is 7.88. The summed E-state index contributed by atoms with van der Waals surface area (Å²) in [6.07, 6.45) is 4.09. The van der Waals surface area contributed by atoms with E-state index < -0.39 is 0 Å². The number of fused-ring (bicyclic) bond motifs is 1. The normalized spacial score (nSPS) is 13.3. The van der Waals surface area contributed by atoms with Crippen molar-refractivity contribution < 1.29 is 9.15 Å². The van der Waals surface area contributed by atoms with Gasteiger partial charge in [0.1, 0.15) is 5.75 Å². The minimum absolute atomic E-state index is 0.740. The van der Waals surface area contributed by atoms with E-state index in [0.717, 1.165) is 35.8 Å². The van der Waals surface area contributed by atoms with Crippen molar-refractivity contribution in [3.05, 3.63) is 30.3 Å². The van der Waals surface area contributed by atoms with E-state index in [2.05, 4.69) is 16.4 Å². The van der Waals surface area contributed by atoms with E-state index in [0.29, 0.717) is 0 Å². The molecule has 0 spiro atoms. The molecule has 1 aliphatic heterocycles. The summed E-state index contributed by atoms with van der Waals surface area (Å²) in [6, 6.07) is 4.13. The predicted molar refractivity (Wildman–Crippen MR) is 60.7 cm³/mol. The van der Waals surface area contributed by atoms with Crippen LogP contribution in [0, 0.1) is 0 Å². The van der Waals surface area contributed by atoms with Crippen LogP contribution in [-0.2, 0) is 6.42 Å². The first-order valence-electron chi connectivity index (χ1n) is 5.25. The van der Waals surface area contributed by atoms with Gasteiger partial charge in [-0.3, -0.25) is 0 Å². The molecule has 4 nitrogen and oxygen atoms in total. The van der Waals surface area contributed by atoms with Crippen molar-refractivity contribution in [3.63, 3.8) is 0 Å². The number of ether oxygens (including phenoxy) is 1. The smallest absolute Gasteiger partial charge is 0.181 e. The van der Waals surface area contributed by atoms with Crippen LogP contribution in [0.25, 0.3) is 11.3 Å². The first kappa shape index (κ1) is 9.27. The van der Waals surface area contributed by atoms with Gasteiger partial charge in [-0.15, -0.1) is 0 Å². The van der Waals surface area contributed by atoms with Gasteiger partial charge in [0, 0.05) is 24.7 Å². The second kappa shape index (κ2) is 3.56. The number of nitrogens with zero attached hydrogens (tertiary/aromatic N) is 1.